The van der Waals surface area contributed by atoms with Gasteiger partial charge in [-0.3, -0.25) is 4.18 Å². The monoisotopic (exact) mass is 298 g/mol. The zero-order chi connectivity index (χ0) is 14.8. The lowest BCUT2D eigenvalue weighted by molar-refractivity contribution is 0.0826. The summed E-state index contributed by atoms with van der Waals surface area (Å²) in [5.41, 5.74) is 1.10. The molecule has 5 heteroatoms. The summed E-state index contributed by atoms with van der Waals surface area (Å²) in [7, 11) is -3.43. The van der Waals surface area contributed by atoms with Gasteiger partial charge in [0.2, 0.25) is 0 Å². The van der Waals surface area contributed by atoms with Crippen molar-refractivity contribution < 1.29 is 17.3 Å². The molecule has 0 spiro atoms. The van der Waals surface area contributed by atoms with E-state index >= 15 is 0 Å². The molecule has 0 saturated carbocycles. The van der Waals surface area contributed by atoms with Gasteiger partial charge in [0.25, 0.3) is 10.1 Å². The second kappa shape index (κ2) is 8.89. The van der Waals surface area contributed by atoms with E-state index in [-0.39, 0.29) is 6.10 Å². The van der Waals surface area contributed by atoms with Crippen molar-refractivity contribution in [3.8, 4) is 0 Å². The molecule has 1 aromatic rings. The fraction of sp³-hybridized carbons (Fsp3) is 0.467. The molecule has 0 aliphatic carbocycles. The molecule has 0 amide bonds. The highest BCUT2D eigenvalue weighted by atomic mass is 32.2. The first-order chi connectivity index (χ1) is 9.51. The molecular weight excluding hydrogens is 276 g/mol. The minimum Gasteiger partial charge on any atom is -0.377 e. The molecule has 0 fully saturated rings. The second-order valence-corrected chi connectivity index (χ2v) is 6.22. The van der Waals surface area contributed by atoms with E-state index in [0.29, 0.717) is 26.1 Å². The molecule has 1 aromatic carbocycles. The number of allylic oxidation sites excluding steroid dienone is 1. The predicted molar refractivity (Wildman–Crippen MR) is 79.9 cm³/mol. The maximum absolute atomic E-state index is 11.2. The van der Waals surface area contributed by atoms with E-state index < -0.39 is 10.1 Å². The lowest BCUT2D eigenvalue weighted by atomic mass is 10.1. The van der Waals surface area contributed by atoms with Gasteiger partial charge in [0.15, 0.2) is 0 Å². The number of hydrogen-bond donors (Lipinski definition) is 0. The Balaban J connectivity index is 2.32. The third kappa shape index (κ3) is 8.09. The van der Waals surface area contributed by atoms with Crippen molar-refractivity contribution in [3.05, 3.63) is 48.6 Å². The van der Waals surface area contributed by atoms with Crippen LogP contribution in [0.3, 0.4) is 0 Å². The van der Waals surface area contributed by atoms with E-state index in [4.69, 9.17) is 8.92 Å². The molecule has 0 bridgehead atoms. The third-order valence-electron chi connectivity index (χ3n) is 2.70. The largest absolute Gasteiger partial charge is 0.377 e. The Morgan fingerprint density at radius 3 is 2.55 bits per heavy atom. The minimum absolute atomic E-state index is 0.348. The van der Waals surface area contributed by atoms with Gasteiger partial charge in [-0.1, -0.05) is 36.4 Å². The number of ether oxygens (including phenoxy) is 1. The van der Waals surface area contributed by atoms with Crippen molar-refractivity contribution in [2.75, 3.05) is 12.9 Å². The van der Waals surface area contributed by atoms with Crippen LogP contribution < -0.4 is 0 Å². The summed E-state index contributed by atoms with van der Waals surface area (Å²) >= 11 is 0. The molecule has 20 heavy (non-hydrogen) atoms. The van der Waals surface area contributed by atoms with Crippen LogP contribution in [0, 0.1) is 0 Å². The molecule has 0 aliphatic rings. The van der Waals surface area contributed by atoms with E-state index in [2.05, 4.69) is 6.58 Å². The Morgan fingerprint density at radius 2 is 1.95 bits per heavy atom. The minimum atomic E-state index is -3.43. The van der Waals surface area contributed by atoms with E-state index in [1.807, 2.05) is 30.3 Å². The first-order valence-corrected chi connectivity index (χ1v) is 8.44. The molecular formula is C15H22O4S. The summed E-state index contributed by atoms with van der Waals surface area (Å²) in [5, 5.41) is 0. The molecule has 0 saturated heterocycles. The molecule has 0 aliphatic heterocycles. The summed E-state index contributed by atoms with van der Waals surface area (Å²) in [6.45, 7) is 4.62. The van der Waals surface area contributed by atoms with Crippen molar-refractivity contribution in [2.24, 2.45) is 0 Å². The summed E-state index contributed by atoms with van der Waals surface area (Å²) in [6, 6.07) is 9.84. The normalized spacial score (nSPS) is 13.1. The van der Waals surface area contributed by atoms with Crippen molar-refractivity contribution in [1.82, 2.24) is 0 Å². The lowest BCUT2D eigenvalue weighted by Gasteiger charge is -2.15. The second-order valence-electron chi connectivity index (χ2n) is 4.62. The Hall–Kier alpha value is -1.17. The highest BCUT2D eigenvalue weighted by Gasteiger charge is 2.14. The van der Waals surface area contributed by atoms with Gasteiger partial charge < -0.3 is 4.74 Å². The summed E-state index contributed by atoms with van der Waals surface area (Å²) in [5.74, 6) is 0. The highest BCUT2D eigenvalue weighted by molar-refractivity contribution is 7.86. The van der Waals surface area contributed by atoms with Gasteiger partial charge in [-0.15, -0.1) is 6.58 Å². The standard InChI is InChI=1S/C15H22O4S/c1-3-4-10-15(19-20(2,16)17)11-12-18-13-14-8-6-5-7-9-14/h3,5-9,15H,1,4,10-13H2,2H3/t15-/m1/s1. The lowest BCUT2D eigenvalue weighted by Crippen LogP contribution is -2.19. The van der Waals surface area contributed by atoms with Gasteiger partial charge >= 0.3 is 0 Å². The Morgan fingerprint density at radius 1 is 1.25 bits per heavy atom. The SMILES string of the molecule is C=CCC[C@H](CCOCc1ccccc1)OS(C)(=O)=O. The first kappa shape index (κ1) is 16.9. The Kier molecular flexibility index (Phi) is 7.51. The first-order valence-electron chi connectivity index (χ1n) is 6.62. The van der Waals surface area contributed by atoms with Crippen LogP contribution in [0.2, 0.25) is 0 Å². The number of hydrogen-bond acceptors (Lipinski definition) is 4. The maximum Gasteiger partial charge on any atom is 0.264 e. The van der Waals surface area contributed by atoms with Gasteiger partial charge in [0.1, 0.15) is 0 Å². The van der Waals surface area contributed by atoms with Crippen LogP contribution in [0.1, 0.15) is 24.8 Å². The Labute approximate surface area is 121 Å². The van der Waals surface area contributed by atoms with Crippen LogP contribution in [0.5, 0.6) is 0 Å². The molecule has 0 heterocycles. The Bertz CT molecular complexity index is 482. The van der Waals surface area contributed by atoms with Gasteiger partial charge in [-0.05, 0) is 24.8 Å². The topological polar surface area (TPSA) is 52.6 Å². The van der Waals surface area contributed by atoms with Crippen LogP contribution in [0.25, 0.3) is 0 Å². The van der Waals surface area contributed by atoms with E-state index in [1.165, 1.54) is 0 Å². The molecule has 0 N–H and O–H groups in total. The van der Waals surface area contributed by atoms with Gasteiger partial charge in [-0.2, -0.15) is 8.42 Å². The number of rotatable bonds is 10. The average molecular weight is 298 g/mol. The molecule has 112 valence electrons. The molecule has 0 aromatic heterocycles. The van der Waals surface area contributed by atoms with Crippen LogP contribution >= 0.6 is 0 Å². The van der Waals surface area contributed by atoms with Crippen molar-refractivity contribution in [1.29, 1.82) is 0 Å². The molecule has 0 radical (unpaired) electrons. The zero-order valence-electron chi connectivity index (χ0n) is 11.8. The molecule has 1 atom stereocenters. The fourth-order valence-electron chi connectivity index (χ4n) is 1.77. The molecule has 4 nitrogen and oxygen atoms in total. The van der Waals surface area contributed by atoms with Crippen LogP contribution in [-0.2, 0) is 25.6 Å². The smallest absolute Gasteiger partial charge is 0.264 e. The van der Waals surface area contributed by atoms with Crippen LogP contribution in [-0.4, -0.2) is 27.4 Å². The third-order valence-corrected chi connectivity index (χ3v) is 3.32. The fourth-order valence-corrected chi connectivity index (χ4v) is 2.46. The highest BCUT2D eigenvalue weighted by Crippen LogP contribution is 2.11. The summed E-state index contributed by atoms with van der Waals surface area (Å²) in [6.07, 6.45) is 4.37. The van der Waals surface area contributed by atoms with E-state index in [9.17, 15) is 8.42 Å². The number of benzene rings is 1. The van der Waals surface area contributed by atoms with Crippen molar-refractivity contribution >= 4 is 10.1 Å². The average Bonchev–Trinajstić information content (AvgIpc) is 2.40. The van der Waals surface area contributed by atoms with Gasteiger partial charge in [-0.25, -0.2) is 0 Å². The summed E-state index contributed by atoms with van der Waals surface area (Å²) < 4.78 is 32.9. The summed E-state index contributed by atoms with van der Waals surface area (Å²) in [4.78, 5) is 0. The van der Waals surface area contributed by atoms with Gasteiger partial charge in [0.05, 0.1) is 19.0 Å². The van der Waals surface area contributed by atoms with E-state index in [0.717, 1.165) is 18.2 Å². The van der Waals surface area contributed by atoms with Gasteiger partial charge in [0, 0.05) is 6.61 Å². The van der Waals surface area contributed by atoms with E-state index in [1.54, 1.807) is 6.08 Å². The maximum atomic E-state index is 11.2. The van der Waals surface area contributed by atoms with Crippen LogP contribution in [0.4, 0.5) is 0 Å². The quantitative estimate of drug-likeness (QED) is 0.378. The van der Waals surface area contributed by atoms with Crippen molar-refractivity contribution in [2.45, 2.75) is 32.0 Å². The predicted octanol–water partition coefficient (Wildman–Crippen LogP) is 2.90. The zero-order valence-corrected chi connectivity index (χ0v) is 12.6. The molecule has 0 unspecified atom stereocenters. The van der Waals surface area contributed by atoms with Crippen molar-refractivity contribution in [3.63, 3.8) is 0 Å². The molecule has 1 rings (SSSR count). The van der Waals surface area contributed by atoms with Crippen LogP contribution in [0.15, 0.2) is 43.0 Å².